The van der Waals surface area contributed by atoms with Crippen molar-refractivity contribution in [3.63, 3.8) is 0 Å². The van der Waals surface area contributed by atoms with Gasteiger partial charge in [0.1, 0.15) is 5.82 Å². The predicted molar refractivity (Wildman–Crippen MR) is 65.8 cm³/mol. The van der Waals surface area contributed by atoms with E-state index in [4.69, 9.17) is 0 Å². The molecular weight excluding hydrogens is 202 g/mol. The lowest BCUT2D eigenvalue weighted by atomic mass is 9.97. The fraction of sp³-hybridized carbons (Fsp3) is 0.750. The van der Waals surface area contributed by atoms with E-state index in [1.807, 2.05) is 14.1 Å². The number of amides is 1. The zero-order valence-electron chi connectivity index (χ0n) is 11.0. The second kappa shape index (κ2) is 4.76. The SMILES string of the molecule is CN1CCN(C)C(NCC(C)(C)C)=CC1=O. The maximum Gasteiger partial charge on any atom is 0.249 e. The molecule has 1 amide bonds. The van der Waals surface area contributed by atoms with Crippen LogP contribution < -0.4 is 5.32 Å². The Kier molecular flexibility index (Phi) is 3.83. The van der Waals surface area contributed by atoms with Crippen molar-refractivity contribution in [2.24, 2.45) is 5.41 Å². The molecule has 0 bridgehead atoms. The second-order valence-corrected chi connectivity index (χ2v) is 5.63. The molecule has 1 aliphatic heterocycles. The Morgan fingerprint density at radius 3 is 2.38 bits per heavy atom. The first-order valence-electron chi connectivity index (χ1n) is 5.71. The van der Waals surface area contributed by atoms with Crippen LogP contribution in [0.5, 0.6) is 0 Å². The van der Waals surface area contributed by atoms with E-state index >= 15 is 0 Å². The lowest BCUT2D eigenvalue weighted by molar-refractivity contribution is -0.124. The minimum Gasteiger partial charge on any atom is -0.371 e. The van der Waals surface area contributed by atoms with Gasteiger partial charge in [-0.05, 0) is 5.41 Å². The van der Waals surface area contributed by atoms with Crippen LogP contribution in [0.25, 0.3) is 0 Å². The molecule has 0 atom stereocenters. The molecule has 4 heteroatoms. The van der Waals surface area contributed by atoms with E-state index in [-0.39, 0.29) is 11.3 Å². The monoisotopic (exact) mass is 225 g/mol. The molecule has 16 heavy (non-hydrogen) atoms. The molecule has 92 valence electrons. The third kappa shape index (κ3) is 3.76. The Morgan fingerprint density at radius 1 is 1.25 bits per heavy atom. The first kappa shape index (κ1) is 12.9. The van der Waals surface area contributed by atoms with Crippen molar-refractivity contribution >= 4 is 5.91 Å². The van der Waals surface area contributed by atoms with Crippen molar-refractivity contribution in [3.8, 4) is 0 Å². The van der Waals surface area contributed by atoms with Gasteiger partial charge in [-0.2, -0.15) is 0 Å². The molecule has 1 N–H and O–H groups in total. The molecule has 0 aromatic heterocycles. The Bertz CT molecular complexity index is 291. The summed E-state index contributed by atoms with van der Waals surface area (Å²) in [7, 11) is 3.84. The van der Waals surface area contributed by atoms with Crippen molar-refractivity contribution < 1.29 is 4.79 Å². The summed E-state index contributed by atoms with van der Waals surface area (Å²) >= 11 is 0. The first-order chi connectivity index (χ1) is 7.29. The lowest BCUT2D eigenvalue weighted by Gasteiger charge is -2.26. The zero-order chi connectivity index (χ0) is 12.3. The highest BCUT2D eigenvalue weighted by Crippen LogP contribution is 2.13. The molecule has 0 unspecified atom stereocenters. The Hall–Kier alpha value is -1.19. The Labute approximate surface area is 98.3 Å². The van der Waals surface area contributed by atoms with Crippen LogP contribution in [0, 0.1) is 5.41 Å². The van der Waals surface area contributed by atoms with E-state index in [0.29, 0.717) is 0 Å². The largest absolute Gasteiger partial charge is 0.371 e. The van der Waals surface area contributed by atoms with Gasteiger partial charge in [0.05, 0.1) is 0 Å². The molecule has 0 aromatic carbocycles. The van der Waals surface area contributed by atoms with Crippen molar-refractivity contribution in [1.29, 1.82) is 0 Å². The van der Waals surface area contributed by atoms with Gasteiger partial charge in [0, 0.05) is 39.8 Å². The molecule has 4 nitrogen and oxygen atoms in total. The number of carbonyl (C=O) groups excluding carboxylic acids is 1. The normalized spacial score (nSPS) is 18.3. The molecule has 1 aliphatic rings. The van der Waals surface area contributed by atoms with Crippen LogP contribution in [0.4, 0.5) is 0 Å². The van der Waals surface area contributed by atoms with Gasteiger partial charge in [-0.15, -0.1) is 0 Å². The van der Waals surface area contributed by atoms with Gasteiger partial charge in [0.25, 0.3) is 0 Å². The van der Waals surface area contributed by atoms with E-state index in [9.17, 15) is 4.79 Å². The Balaban J connectivity index is 2.68. The van der Waals surface area contributed by atoms with Gasteiger partial charge in [-0.3, -0.25) is 4.79 Å². The van der Waals surface area contributed by atoms with Crippen LogP contribution >= 0.6 is 0 Å². The van der Waals surface area contributed by atoms with Gasteiger partial charge in [-0.1, -0.05) is 20.8 Å². The first-order valence-corrected chi connectivity index (χ1v) is 5.71. The topological polar surface area (TPSA) is 35.6 Å². The molecule has 0 saturated heterocycles. The molecule has 0 saturated carbocycles. The fourth-order valence-electron chi connectivity index (χ4n) is 1.41. The highest BCUT2D eigenvalue weighted by molar-refractivity contribution is 5.88. The molecule has 0 aliphatic carbocycles. The summed E-state index contributed by atoms with van der Waals surface area (Å²) in [4.78, 5) is 15.5. The highest BCUT2D eigenvalue weighted by atomic mass is 16.2. The third-order valence-corrected chi connectivity index (χ3v) is 2.62. The number of likely N-dealkylation sites (N-methyl/N-ethyl adjacent to an activating group) is 2. The maximum atomic E-state index is 11.7. The summed E-state index contributed by atoms with van der Waals surface area (Å²) in [6, 6.07) is 0. The average Bonchev–Trinajstić information content (AvgIpc) is 2.28. The second-order valence-electron chi connectivity index (χ2n) is 5.63. The Morgan fingerprint density at radius 2 is 1.81 bits per heavy atom. The minimum absolute atomic E-state index is 0.0701. The average molecular weight is 225 g/mol. The third-order valence-electron chi connectivity index (χ3n) is 2.62. The van der Waals surface area contributed by atoms with Gasteiger partial charge in [-0.25, -0.2) is 0 Å². The summed E-state index contributed by atoms with van der Waals surface area (Å²) in [5.41, 5.74) is 0.211. The van der Waals surface area contributed by atoms with E-state index in [1.54, 1.807) is 11.0 Å². The summed E-state index contributed by atoms with van der Waals surface area (Å²) < 4.78 is 0. The zero-order valence-corrected chi connectivity index (χ0v) is 11.0. The quantitative estimate of drug-likeness (QED) is 0.757. The van der Waals surface area contributed by atoms with E-state index in [0.717, 1.165) is 25.5 Å². The van der Waals surface area contributed by atoms with Crippen molar-refractivity contribution in [3.05, 3.63) is 11.9 Å². The predicted octanol–water partition coefficient (Wildman–Crippen LogP) is 0.867. The number of hydrogen-bond donors (Lipinski definition) is 1. The van der Waals surface area contributed by atoms with Crippen LogP contribution in [0.2, 0.25) is 0 Å². The highest BCUT2D eigenvalue weighted by Gasteiger charge is 2.18. The molecular formula is C12H23N3O. The van der Waals surface area contributed by atoms with Gasteiger partial charge >= 0.3 is 0 Å². The van der Waals surface area contributed by atoms with Crippen LogP contribution in [0.1, 0.15) is 20.8 Å². The molecule has 0 fully saturated rings. The molecule has 1 rings (SSSR count). The van der Waals surface area contributed by atoms with Crippen molar-refractivity contribution in [2.75, 3.05) is 33.7 Å². The molecule has 0 aromatic rings. The summed E-state index contributed by atoms with van der Waals surface area (Å²) in [6.45, 7) is 9.01. The number of carbonyl (C=O) groups is 1. The van der Waals surface area contributed by atoms with Gasteiger partial charge in [0.15, 0.2) is 0 Å². The maximum absolute atomic E-state index is 11.7. The number of nitrogens with zero attached hydrogens (tertiary/aromatic N) is 2. The fourth-order valence-corrected chi connectivity index (χ4v) is 1.41. The molecule has 0 spiro atoms. The van der Waals surface area contributed by atoms with Crippen molar-refractivity contribution in [1.82, 2.24) is 15.1 Å². The van der Waals surface area contributed by atoms with Crippen LogP contribution in [0.15, 0.2) is 11.9 Å². The molecule has 1 heterocycles. The number of rotatable bonds is 2. The van der Waals surface area contributed by atoms with Gasteiger partial charge in [0.2, 0.25) is 5.91 Å². The van der Waals surface area contributed by atoms with Crippen LogP contribution in [-0.2, 0) is 4.79 Å². The van der Waals surface area contributed by atoms with E-state index in [2.05, 4.69) is 31.0 Å². The number of hydrogen-bond acceptors (Lipinski definition) is 3. The lowest BCUT2D eigenvalue weighted by Crippen LogP contribution is -2.35. The van der Waals surface area contributed by atoms with Crippen LogP contribution in [0.3, 0.4) is 0 Å². The van der Waals surface area contributed by atoms with E-state index in [1.165, 1.54) is 0 Å². The van der Waals surface area contributed by atoms with Gasteiger partial charge < -0.3 is 15.1 Å². The van der Waals surface area contributed by atoms with Crippen LogP contribution in [-0.4, -0.2) is 49.4 Å². The number of nitrogens with one attached hydrogen (secondary N) is 1. The van der Waals surface area contributed by atoms with Crippen molar-refractivity contribution in [2.45, 2.75) is 20.8 Å². The molecule has 0 radical (unpaired) electrons. The standard InChI is InChI=1S/C12H23N3O/c1-12(2,3)9-13-10-8-11(16)15(5)7-6-14(10)4/h8,13H,6-7,9H2,1-5H3. The summed E-state index contributed by atoms with van der Waals surface area (Å²) in [5.74, 6) is 0.991. The van der Waals surface area contributed by atoms with E-state index < -0.39 is 0 Å². The minimum atomic E-state index is 0.0701. The smallest absolute Gasteiger partial charge is 0.249 e. The summed E-state index contributed by atoms with van der Waals surface area (Å²) in [6.07, 6.45) is 1.68. The summed E-state index contributed by atoms with van der Waals surface area (Å²) in [5, 5.41) is 3.34.